The lowest BCUT2D eigenvalue weighted by atomic mass is 10.0. The molecular weight excluding hydrogens is 326 g/mol. The standard InChI is InChI=1S/C17H23N3O5/c1-16(2)21-9-12(23-16)14-13(24-17(3,4)25-14)11-8-20(5)15(22-11)10(6-18)7-19/h11-14H,8-9H2,1-5H3. The molecule has 4 atom stereocenters. The maximum atomic E-state index is 9.09. The highest BCUT2D eigenvalue weighted by atomic mass is 16.8. The van der Waals surface area contributed by atoms with Crippen LogP contribution in [0.4, 0.5) is 0 Å². The van der Waals surface area contributed by atoms with E-state index in [1.165, 1.54) is 0 Å². The van der Waals surface area contributed by atoms with Crippen LogP contribution >= 0.6 is 0 Å². The van der Waals surface area contributed by atoms with Gasteiger partial charge in [0.05, 0.1) is 13.2 Å². The minimum atomic E-state index is -0.785. The lowest BCUT2D eigenvalue weighted by molar-refractivity contribution is -0.175. The summed E-state index contributed by atoms with van der Waals surface area (Å²) in [6.07, 6.45) is -1.44. The first-order chi connectivity index (χ1) is 11.7. The highest BCUT2D eigenvalue weighted by Gasteiger charge is 2.54. The van der Waals surface area contributed by atoms with Gasteiger partial charge in [0, 0.05) is 7.05 Å². The van der Waals surface area contributed by atoms with Crippen molar-refractivity contribution < 1.29 is 23.7 Å². The fourth-order valence-corrected chi connectivity index (χ4v) is 3.43. The quantitative estimate of drug-likeness (QED) is 0.687. The van der Waals surface area contributed by atoms with E-state index in [9.17, 15) is 0 Å². The molecule has 0 spiro atoms. The van der Waals surface area contributed by atoms with Crippen LogP contribution in [0.2, 0.25) is 0 Å². The van der Waals surface area contributed by atoms with Crippen LogP contribution in [-0.4, -0.2) is 61.1 Å². The maximum absolute atomic E-state index is 9.09. The van der Waals surface area contributed by atoms with Gasteiger partial charge < -0.3 is 28.6 Å². The highest BCUT2D eigenvalue weighted by molar-refractivity contribution is 5.38. The van der Waals surface area contributed by atoms with Crippen molar-refractivity contribution in [3.63, 3.8) is 0 Å². The van der Waals surface area contributed by atoms with Crippen LogP contribution in [0, 0.1) is 22.7 Å². The van der Waals surface area contributed by atoms with Crippen molar-refractivity contribution in [2.24, 2.45) is 0 Å². The molecule has 0 aromatic carbocycles. The zero-order valence-electron chi connectivity index (χ0n) is 15.1. The third kappa shape index (κ3) is 3.44. The van der Waals surface area contributed by atoms with E-state index in [1.54, 1.807) is 11.9 Å². The van der Waals surface area contributed by atoms with E-state index >= 15 is 0 Å². The Morgan fingerprint density at radius 1 is 1.00 bits per heavy atom. The second-order valence-electron chi connectivity index (χ2n) is 7.37. The molecule has 3 rings (SSSR count). The van der Waals surface area contributed by atoms with Crippen molar-refractivity contribution in [3.05, 3.63) is 11.5 Å². The largest absolute Gasteiger partial charge is 0.470 e. The Morgan fingerprint density at radius 3 is 2.12 bits per heavy atom. The average Bonchev–Trinajstić information content (AvgIpc) is 3.16. The van der Waals surface area contributed by atoms with Crippen LogP contribution in [0.25, 0.3) is 0 Å². The number of hydrogen-bond acceptors (Lipinski definition) is 8. The number of rotatable bonds is 2. The third-order valence-electron chi connectivity index (χ3n) is 4.43. The maximum Gasteiger partial charge on any atom is 0.219 e. The highest BCUT2D eigenvalue weighted by Crippen LogP contribution is 2.39. The number of likely N-dealkylation sites (N-methyl/N-ethyl adjacent to an activating group) is 1. The smallest absolute Gasteiger partial charge is 0.219 e. The summed E-state index contributed by atoms with van der Waals surface area (Å²) in [6.45, 7) is 8.28. The van der Waals surface area contributed by atoms with Gasteiger partial charge in [0.1, 0.15) is 36.6 Å². The van der Waals surface area contributed by atoms with Crippen LogP contribution in [-0.2, 0) is 23.7 Å². The average molecular weight is 349 g/mol. The number of hydrogen-bond donors (Lipinski definition) is 0. The Hall–Kier alpha value is -1.84. The van der Waals surface area contributed by atoms with Crippen molar-refractivity contribution >= 4 is 0 Å². The fourth-order valence-electron chi connectivity index (χ4n) is 3.43. The van der Waals surface area contributed by atoms with E-state index in [4.69, 9.17) is 34.2 Å². The van der Waals surface area contributed by atoms with Crippen LogP contribution in [0.15, 0.2) is 11.5 Å². The Morgan fingerprint density at radius 2 is 1.60 bits per heavy atom. The van der Waals surface area contributed by atoms with E-state index in [0.29, 0.717) is 13.2 Å². The van der Waals surface area contributed by atoms with Gasteiger partial charge in [-0.05, 0) is 27.7 Å². The molecule has 3 fully saturated rings. The molecule has 0 aliphatic carbocycles. The molecule has 4 unspecified atom stereocenters. The Labute approximate surface area is 147 Å². The minimum absolute atomic E-state index is 0.0543. The van der Waals surface area contributed by atoms with Crippen LogP contribution < -0.4 is 0 Å². The van der Waals surface area contributed by atoms with E-state index in [2.05, 4.69) is 0 Å². The number of nitriles is 2. The van der Waals surface area contributed by atoms with E-state index in [0.717, 1.165) is 0 Å². The summed E-state index contributed by atoms with van der Waals surface area (Å²) >= 11 is 0. The van der Waals surface area contributed by atoms with Crippen molar-refractivity contribution in [1.82, 2.24) is 4.90 Å². The minimum Gasteiger partial charge on any atom is -0.470 e. The first-order valence-corrected chi connectivity index (χ1v) is 8.25. The first kappa shape index (κ1) is 18.0. The van der Waals surface area contributed by atoms with Crippen LogP contribution in [0.3, 0.4) is 0 Å². The second kappa shape index (κ2) is 6.15. The summed E-state index contributed by atoms with van der Waals surface area (Å²) in [6, 6.07) is 3.73. The molecule has 8 nitrogen and oxygen atoms in total. The van der Waals surface area contributed by atoms with Gasteiger partial charge in [-0.2, -0.15) is 10.5 Å². The van der Waals surface area contributed by atoms with E-state index in [1.807, 2.05) is 39.8 Å². The third-order valence-corrected chi connectivity index (χ3v) is 4.43. The van der Waals surface area contributed by atoms with Crippen molar-refractivity contribution in [3.8, 4) is 12.1 Å². The van der Waals surface area contributed by atoms with Crippen molar-refractivity contribution in [1.29, 1.82) is 10.5 Å². The summed E-state index contributed by atoms with van der Waals surface area (Å²) in [7, 11) is 1.78. The zero-order valence-corrected chi connectivity index (χ0v) is 15.1. The fraction of sp³-hybridized carbons (Fsp3) is 0.765. The molecule has 3 saturated heterocycles. The van der Waals surface area contributed by atoms with Gasteiger partial charge in [0.15, 0.2) is 17.1 Å². The summed E-state index contributed by atoms with van der Waals surface area (Å²) in [5.41, 5.74) is -0.0543. The lowest BCUT2D eigenvalue weighted by Crippen LogP contribution is -2.45. The van der Waals surface area contributed by atoms with Crippen LogP contribution in [0.5, 0.6) is 0 Å². The number of nitrogens with zero attached hydrogens (tertiary/aromatic N) is 3. The molecule has 0 amide bonds. The molecule has 25 heavy (non-hydrogen) atoms. The molecule has 3 aliphatic heterocycles. The first-order valence-electron chi connectivity index (χ1n) is 8.25. The Bertz CT molecular complexity index is 644. The molecule has 0 radical (unpaired) electrons. The lowest BCUT2D eigenvalue weighted by Gasteiger charge is -2.26. The van der Waals surface area contributed by atoms with Crippen LogP contribution in [0.1, 0.15) is 27.7 Å². The van der Waals surface area contributed by atoms with E-state index < -0.39 is 17.7 Å². The van der Waals surface area contributed by atoms with Gasteiger partial charge in [-0.3, -0.25) is 0 Å². The van der Waals surface area contributed by atoms with Crippen molar-refractivity contribution in [2.45, 2.75) is 63.7 Å². The van der Waals surface area contributed by atoms with Gasteiger partial charge in [0.2, 0.25) is 5.88 Å². The summed E-state index contributed by atoms with van der Waals surface area (Å²) in [5, 5.41) is 18.2. The van der Waals surface area contributed by atoms with Gasteiger partial charge >= 0.3 is 0 Å². The Balaban J connectivity index is 1.82. The topological polar surface area (TPSA) is 97.0 Å². The van der Waals surface area contributed by atoms with Crippen molar-refractivity contribution in [2.75, 3.05) is 20.2 Å². The van der Waals surface area contributed by atoms with Gasteiger partial charge in [-0.25, -0.2) is 0 Å². The summed E-state index contributed by atoms with van der Waals surface area (Å²) in [4.78, 5) is 1.74. The molecule has 8 heteroatoms. The molecule has 3 aliphatic rings. The molecule has 0 aromatic rings. The summed E-state index contributed by atoms with van der Waals surface area (Å²) < 4.78 is 29.6. The molecule has 0 saturated carbocycles. The van der Waals surface area contributed by atoms with E-state index in [-0.39, 0.29) is 29.8 Å². The predicted molar refractivity (Wildman–Crippen MR) is 84.5 cm³/mol. The SMILES string of the molecule is CN1CC(C2OC(C)(C)OC2C2COC(C)(C)O2)OC1=C(C#N)C#N. The monoisotopic (exact) mass is 349 g/mol. The number of ether oxygens (including phenoxy) is 5. The molecule has 136 valence electrons. The summed E-state index contributed by atoms with van der Waals surface area (Å²) in [5.74, 6) is -1.18. The number of allylic oxidation sites excluding steroid dienone is 1. The predicted octanol–water partition coefficient (Wildman–Crippen LogP) is 1.25. The van der Waals surface area contributed by atoms with Gasteiger partial charge in [-0.15, -0.1) is 0 Å². The second-order valence-corrected chi connectivity index (χ2v) is 7.37. The molecule has 0 N–H and O–H groups in total. The van der Waals surface area contributed by atoms with Gasteiger partial charge in [0.25, 0.3) is 0 Å². The molecular formula is C17H23N3O5. The zero-order chi connectivity index (χ0) is 18.4. The molecule has 0 bridgehead atoms. The normalized spacial score (nSPS) is 36.0. The molecule has 0 aromatic heterocycles. The molecule has 3 heterocycles. The van der Waals surface area contributed by atoms with Gasteiger partial charge in [-0.1, -0.05) is 0 Å². The Kier molecular flexibility index (Phi) is 4.42.